The van der Waals surface area contributed by atoms with E-state index in [1.165, 1.54) is 4.90 Å². The van der Waals surface area contributed by atoms with E-state index < -0.39 is 12.1 Å². The van der Waals surface area contributed by atoms with E-state index in [-0.39, 0.29) is 12.5 Å². The molecule has 5 nitrogen and oxygen atoms in total. The molecule has 1 aliphatic rings. The van der Waals surface area contributed by atoms with E-state index in [1.807, 2.05) is 17.5 Å². The van der Waals surface area contributed by atoms with E-state index in [0.29, 0.717) is 6.54 Å². The normalized spacial score (nSPS) is 19.7. The molecule has 2 amide bonds. The van der Waals surface area contributed by atoms with E-state index in [9.17, 15) is 9.59 Å². The smallest absolute Gasteiger partial charge is 0.410 e. The van der Waals surface area contributed by atoms with Crippen molar-refractivity contribution >= 4 is 23.3 Å². The average molecular weight is 240 g/mol. The van der Waals surface area contributed by atoms with Crippen LogP contribution in [-0.2, 0) is 16.1 Å². The number of amides is 2. The van der Waals surface area contributed by atoms with Crippen molar-refractivity contribution in [2.75, 3.05) is 13.7 Å². The largest absolute Gasteiger partial charge is 0.447 e. The van der Waals surface area contributed by atoms with E-state index in [1.54, 1.807) is 18.4 Å². The summed E-state index contributed by atoms with van der Waals surface area (Å²) in [6.45, 7) is 0.554. The zero-order chi connectivity index (χ0) is 11.5. The highest BCUT2D eigenvalue weighted by molar-refractivity contribution is 7.09. The van der Waals surface area contributed by atoms with Crippen molar-refractivity contribution in [3.05, 3.63) is 22.4 Å². The Hall–Kier alpha value is -1.56. The molecule has 1 saturated heterocycles. The molecule has 2 rings (SSSR count). The first-order valence-electron chi connectivity index (χ1n) is 4.89. The monoisotopic (exact) mass is 240 g/mol. The summed E-state index contributed by atoms with van der Waals surface area (Å²) in [5.74, 6) is -0.192. The highest BCUT2D eigenvalue weighted by Gasteiger charge is 2.37. The maximum atomic E-state index is 11.5. The van der Waals surface area contributed by atoms with Gasteiger partial charge in [-0.3, -0.25) is 9.69 Å². The molecule has 0 radical (unpaired) electrons. The third-order valence-electron chi connectivity index (χ3n) is 2.43. The Labute approximate surface area is 97.0 Å². The zero-order valence-electron chi connectivity index (χ0n) is 8.80. The second kappa shape index (κ2) is 4.52. The van der Waals surface area contributed by atoms with Gasteiger partial charge in [0.1, 0.15) is 12.6 Å². The van der Waals surface area contributed by atoms with Gasteiger partial charge in [0, 0.05) is 11.9 Å². The molecule has 0 bridgehead atoms. The van der Waals surface area contributed by atoms with Crippen LogP contribution in [0, 0.1) is 0 Å². The number of cyclic esters (lactones) is 1. The van der Waals surface area contributed by atoms with Crippen LogP contribution in [0.3, 0.4) is 0 Å². The first-order chi connectivity index (χ1) is 7.72. The number of nitrogens with zero attached hydrogens (tertiary/aromatic N) is 1. The molecule has 1 aromatic rings. The lowest BCUT2D eigenvalue weighted by Gasteiger charge is -2.18. The molecule has 0 aromatic carbocycles. The lowest BCUT2D eigenvalue weighted by Crippen LogP contribution is -2.44. The fourth-order valence-electron chi connectivity index (χ4n) is 1.58. The molecule has 1 fully saturated rings. The van der Waals surface area contributed by atoms with Crippen molar-refractivity contribution < 1.29 is 14.3 Å². The van der Waals surface area contributed by atoms with E-state index in [0.717, 1.165) is 4.88 Å². The summed E-state index contributed by atoms with van der Waals surface area (Å²) in [5, 5.41) is 4.46. The number of likely N-dealkylation sites (N-methyl/N-ethyl adjacent to an activating group) is 1. The van der Waals surface area contributed by atoms with Crippen LogP contribution in [0.4, 0.5) is 4.79 Å². The van der Waals surface area contributed by atoms with Gasteiger partial charge in [-0.1, -0.05) is 6.07 Å². The summed E-state index contributed by atoms with van der Waals surface area (Å²) in [7, 11) is 1.55. The van der Waals surface area contributed by atoms with Crippen LogP contribution in [0.25, 0.3) is 0 Å². The molecule has 1 N–H and O–H groups in total. The number of nitrogens with one attached hydrogen (secondary N) is 1. The topological polar surface area (TPSA) is 58.6 Å². The quantitative estimate of drug-likeness (QED) is 0.850. The van der Waals surface area contributed by atoms with Crippen LogP contribution in [0.5, 0.6) is 0 Å². The summed E-state index contributed by atoms with van der Waals surface area (Å²) < 4.78 is 4.88. The van der Waals surface area contributed by atoms with Gasteiger partial charge in [-0.25, -0.2) is 4.79 Å². The molecule has 2 heterocycles. The van der Waals surface area contributed by atoms with Crippen LogP contribution in [0.2, 0.25) is 0 Å². The summed E-state index contributed by atoms with van der Waals surface area (Å²) in [6, 6.07) is 3.33. The Morgan fingerprint density at radius 1 is 1.75 bits per heavy atom. The van der Waals surface area contributed by atoms with Gasteiger partial charge in [0.15, 0.2) is 0 Å². The van der Waals surface area contributed by atoms with Gasteiger partial charge >= 0.3 is 6.09 Å². The number of rotatable bonds is 3. The lowest BCUT2D eigenvalue weighted by molar-refractivity contribution is -0.124. The van der Waals surface area contributed by atoms with Crippen molar-refractivity contribution in [1.29, 1.82) is 0 Å². The van der Waals surface area contributed by atoms with Gasteiger partial charge in [-0.05, 0) is 11.4 Å². The van der Waals surface area contributed by atoms with Crippen molar-refractivity contribution in [2.45, 2.75) is 12.6 Å². The van der Waals surface area contributed by atoms with Crippen LogP contribution in [0.1, 0.15) is 4.88 Å². The number of hydrogen-bond donors (Lipinski definition) is 1. The first kappa shape index (κ1) is 10.9. The molecular formula is C10H12N2O3S. The van der Waals surface area contributed by atoms with Gasteiger partial charge in [-0.15, -0.1) is 11.3 Å². The minimum Gasteiger partial charge on any atom is -0.447 e. The van der Waals surface area contributed by atoms with Crippen molar-refractivity contribution in [1.82, 2.24) is 10.2 Å². The molecule has 0 unspecified atom stereocenters. The highest BCUT2D eigenvalue weighted by Crippen LogP contribution is 2.19. The SMILES string of the molecule is CNC(=O)[C@@H]1COC(=O)N1Cc1cccs1. The predicted octanol–water partition coefficient (Wildman–Crippen LogP) is 0.815. The van der Waals surface area contributed by atoms with Gasteiger partial charge in [0.2, 0.25) is 5.91 Å². The van der Waals surface area contributed by atoms with Crippen LogP contribution in [-0.4, -0.2) is 36.6 Å². The third kappa shape index (κ3) is 2.01. The van der Waals surface area contributed by atoms with Crippen LogP contribution >= 0.6 is 11.3 Å². The number of ether oxygens (including phenoxy) is 1. The number of carbonyl (C=O) groups is 2. The van der Waals surface area contributed by atoms with Gasteiger partial charge in [0.25, 0.3) is 0 Å². The van der Waals surface area contributed by atoms with Crippen LogP contribution < -0.4 is 5.32 Å². The van der Waals surface area contributed by atoms with Crippen molar-refractivity contribution in [2.24, 2.45) is 0 Å². The van der Waals surface area contributed by atoms with E-state index in [2.05, 4.69) is 5.32 Å². The molecule has 0 spiro atoms. The Balaban J connectivity index is 2.10. The highest BCUT2D eigenvalue weighted by atomic mass is 32.1. The zero-order valence-corrected chi connectivity index (χ0v) is 9.62. The van der Waals surface area contributed by atoms with Gasteiger partial charge in [0.05, 0.1) is 6.54 Å². The summed E-state index contributed by atoms with van der Waals surface area (Å²) in [4.78, 5) is 25.5. The Morgan fingerprint density at radius 2 is 2.56 bits per heavy atom. The van der Waals surface area contributed by atoms with Crippen molar-refractivity contribution in [3.8, 4) is 0 Å². The molecule has 1 atom stereocenters. The number of carbonyl (C=O) groups excluding carboxylic acids is 2. The van der Waals surface area contributed by atoms with Gasteiger partial charge in [-0.2, -0.15) is 0 Å². The molecule has 0 saturated carbocycles. The summed E-state index contributed by atoms with van der Waals surface area (Å²) in [6.07, 6.45) is -0.429. The number of hydrogen-bond acceptors (Lipinski definition) is 4. The van der Waals surface area contributed by atoms with Gasteiger partial charge < -0.3 is 10.1 Å². The first-order valence-corrected chi connectivity index (χ1v) is 5.77. The molecule has 16 heavy (non-hydrogen) atoms. The minimum absolute atomic E-state index is 0.129. The second-order valence-corrected chi connectivity index (χ2v) is 4.45. The Bertz CT molecular complexity index is 391. The fraction of sp³-hybridized carbons (Fsp3) is 0.400. The third-order valence-corrected chi connectivity index (χ3v) is 3.29. The molecule has 0 aliphatic carbocycles. The van der Waals surface area contributed by atoms with E-state index in [4.69, 9.17) is 4.74 Å². The Kier molecular flexibility index (Phi) is 3.09. The second-order valence-electron chi connectivity index (χ2n) is 3.41. The molecule has 1 aliphatic heterocycles. The standard InChI is InChI=1S/C10H12N2O3S/c1-11-9(13)8-6-15-10(14)12(8)5-7-3-2-4-16-7/h2-4,8H,5-6H2,1H3,(H,11,13)/t8-/m0/s1. The molecule has 6 heteroatoms. The Morgan fingerprint density at radius 3 is 3.19 bits per heavy atom. The number of thiophene rings is 1. The maximum absolute atomic E-state index is 11.5. The summed E-state index contributed by atoms with van der Waals surface area (Å²) >= 11 is 1.55. The average Bonchev–Trinajstić information content (AvgIpc) is 2.90. The molecule has 1 aromatic heterocycles. The van der Waals surface area contributed by atoms with E-state index >= 15 is 0 Å². The fourth-order valence-corrected chi connectivity index (χ4v) is 2.28. The minimum atomic E-state index is -0.514. The van der Waals surface area contributed by atoms with Crippen LogP contribution in [0.15, 0.2) is 17.5 Å². The molecular weight excluding hydrogens is 228 g/mol. The predicted molar refractivity (Wildman–Crippen MR) is 59.1 cm³/mol. The summed E-state index contributed by atoms with van der Waals surface area (Å²) in [5.41, 5.74) is 0. The maximum Gasteiger partial charge on any atom is 0.410 e. The molecule has 86 valence electrons. The van der Waals surface area contributed by atoms with Crippen molar-refractivity contribution in [3.63, 3.8) is 0 Å². The lowest BCUT2D eigenvalue weighted by atomic mass is 10.2.